The zero-order valence-electron chi connectivity index (χ0n) is 33.2. The van der Waals surface area contributed by atoms with Crippen molar-refractivity contribution in [3.8, 4) is 56.0 Å². The molecule has 1 heterocycles. The summed E-state index contributed by atoms with van der Waals surface area (Å²) in [6.45, 7) is 9.02. The van der Waals surface area contributed by atoms with Crippen LogP contribution in [-0.2, 0) is 5.41 Å². The van der Waals surface area contributed by atoms with Gasteiger partial charge in [0.1, 0.15) is 0 Å². The highest BCUT2D eigenvalue weighted by Gasteiger charge is 2.42. The molecule has 0 unspecified atom stereocenters. The molecular formula is C53H54N2. The largest absolute Gasteiger partial charge is 0.228 e. The number of rotatable bonds is 14. The molecule has 0 saturated carbocycles. The number of aryl methyl sites for hydroxylation is 2. The number of aromatic nitrogens is 2. The number of unbranched alkanes of at least 4 members (excludes halogenated alkanes) is 6. The van der Waals surface area contributed by atoms with E-state index in [-0.39, 0.29) is 5.41 Å². The van der Waals surface area contributed by atoms with Crippen LogP contribution < -0.4 is 0 Å². The molecule has 6 aromatic carbocycles. The number of fused-ring (bicyclic) bond motifs is 4. The van der Waals surface area contributed by atoms with Crippen LogP contribution in [0.4, 0.5) is 0 Å². The molecule has 2 heteroatoms. The average molecular weight is 719 g/mol. The van der Waals surface area contributed by atoms with Crippen molar-refractivity contribution < 1.29 is 0 Å². The first-order valence-electron chi connectivity index (χ1n) is 20.8. The fraction of sp³-hybridized carbons (Fsp3) is 0.283. The van der Waals surface area contributed by atoms with Crippen LogP contribution >= 0.6 is 0 Å². The minimum absolute atomic E-state index is 0.00274. The maximum atomic E-state index is 5.41. The fourth-order valence-electron chi connectivity index (χ4n) is 9.30. The van der Waals surface area contributed by atoms with Crippen LogP contribution in [0.5, 0.6) is 0 Å². The number of nitrogens with zero attached hydrogens (tertiary/aromatic N) is 2. The lowest BCUT2D eigenvalue weighted by atomic mass is 9.70. The van der Waals surface area contributed by atoms with E-state index >= 15 is 0 Å². The molecule has 7 aromatic rings. The van der Waals surface area contributed by atoms with E-state index in [0.29, 0.717) is 0 Å². The van der Waals surface area contributed by atoms with Crippen LogP contribution in [0.25, 0.3) is 66.9 Å². The third-order valence-electron chi connectivity index (χ3n) is 12.2. The van der Waals surface area contributed by atoms with Crippen molar-refractivity contribution in [2.75, 3.05) is 0 Å². The van der Waals surface area contributed by atoms with E-state index in [1.807, 2.05) is 0 Å². The van der Waals surface area contributed by atoms with E-state index < -0.39 is 0 Å². The van der Waals surface area contributed by atoms with E-state index in [4.69, 9.17) is 9.97 Å². The summed E-state index contributed by atoms with van der Waals surface area (Å²) in [5.41, 5.74) is 17.5. The lowest BCUT2D eigenvalue weighted by Gasteiger charge is -2.33. The lowest BCUT2D eigenvalue weighted by molar-refractivity contribution is 0.401. The SMILES string of the molecule is CCCCCCC1(CCCCCC)c2ccc(-c3cccc(-c4ccccc4)c3)cc2-c2cc(-c3nc(-c4c(C)cccc4C)c4ccccc4n3)ccc21. The van der Waals surface area contributed by atoms with Gasteiger partial charge in [0, 0.05) is 21.9 Å². The molecule has 2 nitrogen and oxygen atoms in total. The summed E-state index contributed by atoms with van der Waals surface area (Å²) in [7, 11) is 0. The summed E-state index contributed by atoms with van der Waals surface area (Å²) in [6.07, 6.45) is 12.5. The van der Waals surface area contributed by atoms with Gasteiger partial charge in [-0.1, -0.05) is 174 Å². The molecule has 0 N–H and O–H groups in total. The minimum atomic E-state index is 0.00274. The van der Waals surface area contributed by atoms with Gasteiger partial charge in [0.2, 0.25) is 0 Å². The second-order valence-corrected chi connectivity index (χ2v) is 15.9. The first kappa shape index (κ1) is 36.6. The van der Waals surface area contributed by atoms with Crippen LogP contribution in [0.1, 0.15) is 100 Å². The van der Waals surface area contributed by atoms with E-state index in [2.05, 4.69) is 161 Å². The molecule has 0 spiro atoms. The van der Waals surface area contributed by atoms with Gasteiger partial charge in [-0.25, -0.2) is 9.97 Å². The Kier molecular flexibility index (Phi) is 10.8. The number of hydrogen-bond acceptors (Lipinski definition) is 2. The molecule has 276 valence electrons. The second-order valence-electron chi connectivity index (χ2n) is 15.9. The van der Waals surface area contributed by atoms with Gasteiger partial charge in [0.15, 0.2) is 5.82 Å². The van der Waals surface area contributed by atoms with Gasteiger partial charge >= 0.3 is 0 Å². The number of hydrogen-bond donors (Lipinski definition) is 0. The van der Waals surface area contributed by atoms with Crippen molar-refractivity contribution in [1.82, 2.24) is 9.97 Å². The quantitative estimate of drug-likeness (QED) is 0.105. The van der Waals surface area contributed by atoms with E-state index in [9.17, 15) is 0 Å². The van der Waals surface area contributed by atoms with E-state index in [0.717, 1.165) is 28.0 Å². The van der Waals surface area contributed by atoms with Gasteiger partial charge in [-0.15, -0.1) is 0 Å². The van der Waals surface area contributed by atoms with Gasteiger partial charge in [-0.2, -0.15) is 0 Å². The fourth-order valence-corrected chi connectivity index (χ4v) is 9.30. The molecule has 1 aliphatic rings. The molecule has 1 aliphatic carbocycles. The average Bonchev–Trinajstić information content (AvgIpc) is 3.49. The Hall–Kier alpha value is -5.34. The van der Waals surface area contributed by atoms with Gasteiger partial charge < -0.3 is 0 Å². The van der Waals surface area contributed by atoms with Gasteiger partial charge in [-0.05, 0) is 107 Å². The number of para-hydroxylation sites is 1. The summed E-state index contributed by atoms with van der Waals surface area (Å²) in [4.78, 5) is 10.7. The first-order chi connectivity index (χ1) is 27.0. The molecular weight excluding hydrogens is 665 g/mol. The predicted molar refractivity (Wildman–Crippen MR) is 234 cm³/mol. The van der Waals surface area contributed by atoms with Crippen molar-refractivity contribution in [2.45, 2.75) is 97.3 Å². The Morgan fingerprint density at radius 2 is 1.00 bits per heavy atom. The molecule has 0 amide bonds. The van der Waals surface area contributed by atoms with Crippen molar-refractivity contribution in [2.24, 2.45) is 0 Å². The summed E-state index contributed by atoms with van der Waals surface area (Å²) in [5.74, 6) is 0.788. The molecule has 0 atom stereocenters. The zero-order chi connectivity index (χ0) is 37.8. The molecule has 0 radical (unpaired) electrons. The zero-order valence-corrected chi connectivity index (χ0v) is 33.2. The Morgan fingerprint density at radius 3 is 1.67 bits per heavy atom. The molecule has 0 fully saturated rings. The molecule has 0 saturated heterocycles. The lowest BCUT2D eigenvalue weighted by Crippen LogP contribution is -2.25. The molecule has 8 rings (SSSR count). The Bertz CT molecular complexity index is 2410. The van der Waals surface area contributed by atoms with Crippen molar-refractivity contribution >= 4 is 10.9 Å². The maximum absolute atomic E-state index is 5.41. The topological polar surface area (TPSA) is 25.8 Å². The highest BCUT2D eigenvalue weighted by Crippen LogP contribution is 2.55. The highest BCUT2D eigenvalue weighted by atomic mass is 14.9. The highest BCUT2D eigenvalue weighted by molar-refractivity contribution is 5.95. The summed E-state index contributed by atoms with van der Waals surface area (Å²) < 4.78 is 0. The molecule has 55 heavy (non-hydrogen) atoms. The third-order valence-corrected chi connectivity index (χ3v) is 12.2. The van der Waals surface area contributed by atoms with Crippen molar-refractivity contribution in [3.63, 3.8) is 0 Å². The van der Waals surface area contributed by atoms with Crippen molar-refractivity contribution in [3.05, 3.63) is 156 Å². The Labute approximate surface area is 328 Å². The summed E-state index contributed by atoms with van der Waals surface area (Å²) in [5, 5.41) is 1.09. The predicted octanol–water partition coefficient (Wildman–Crippen LogP) is 15.1. The molecule has 0 bridgehead atoms. The van der Waals surface area contributed by atoms with E-state index in [1.165, 1.54) is 125 Å². The van der Waals surface area contributed by atoms with Gasteiger partial charge in [-0.3, -0.25) is 0 Å². The van der Waals surface area contributed by atoms with Gasteiger partial charge in [0.25, 0.3) is 0 Å². The van der Waals surface area contributed by atoms with Crippen LogP contribution in [0.2, 0.25) is 0 Å². The monoisotopic (exact) mass is 718 g/mol. The van der Waals surface area contributed by atoms with Crippen LogP contribution in [0.3, 0.4) is 0 Å². The smallest absolute Gasteiger partial charge is 0.160 e. The van der Waals surface area contributed by atoms with E-state index in [1.54, 1.807) is 0 Å². The summed E-state index contributed by atoms with van der Waals surface area (Å²) in [6, 6.07) is 49.4. The maximum Gasteiger partial charge on any atom is 0.160 e. The standard InChI is InChI=1S/C53H54N2/c1-5-7-9-16-32-53(33-17-10-8-6-2)47-30-28-42(41-25-19-24-40(34-41)39-22-12-11-13-23-39)35-45(47)46-36-43(29-31-48(46)53)52-54-49-27-15-14-26-44(49)51(55-52)50-37(3)20-18-21-38(50)4/h11-15,18-31,34-36H,5-10,16-17,32-33H2,1-4H3. The third kappa shape index (κ3) is 7.16. The number of benzene rings is 6. The van der Waals surface area contributed by atoms with Gasteiger partial charge in [0.05, 0.1) is 11.2 Å². The minimum Gasteiger partial charge on any atom is -0.228 e. The molecule has 1 aromatic heterocycles. The second kappa shape index (κ2) is 16.2. The van der Waals surface area contributed by atoms with Crippen LogP contribution in [0, 0.1) is 13.8 Å². The first-order valence-corrected chi connectivity index (χ1v) is 20.8. The Balaban J connectivity index is 1.30. The summed E-state index contributed by atoms with van der Waals surface area (Å²) >= 11 is 0. The normalized spacial score (nSPS) is 12.9. The van der Waals surface area contributed by atoms with Crippen LogP contribution in [0.15, 0.2) is 133 Å². The molecule has 0 aliphatic heterocycles. The Morgan fingerprint density at radius 1 is 0.455 bits per heavy atom. The van der Waals surface area contributed by atoms with Crippen LogP contribution in [-0.4, -0.2) is 9.97 Å². The van der Waals surface area contributed by atoms with Crippen molar-refractivity contribution in [1.29, 1.82) is 0 Å².